The highest BCUT2D eigenvalue weighted by Gasteiger charge is 2.40. The van der Waals surface area contributed by atoms with Gasteiger partial charge in [0, 0.05) is 32.7 Å². The number of rotatable bonds is 5. The number of benzene rings is 2. The highest BCUT2D eigenvalue weighted by atomic mass is 35.5. The molecule has 1 fully saturated rings. The first-order chi connectivity index (χ1) is 12.2. The van der Waals surface area contributed by atoms with Gasteiger partial charge in [0.2, 0.25) is 5.91 Å². The van der Waals surface area contributed by atoms with E-state index >= 15 is 0 Å². The summed E-state index contributed by atoms with van der Waals surface area (Å²) in [7, 11) is 0. The lowest BCUT2D eigenvalue weighted by molar-refractivity contribution is -0.137. The lowest BCUT2D eigenvalue weighted by atomic mass is 9.75. The molecule has 5 heteroatoms. The fourth-order valence-electron chi connectivity index (χ4n) is 3.59. The second kappa shape index (κ2) is 9.17. The Morgan fingerprint density at radius 1 is 0.923 bits per heavy atom. The summed E-state index contributed by atoms with van der Waals surface area (Å²) in [5.41, 5.74) is 1.34. The van der Waals surface area contributed by atoms with Gasteiger partial charge < -0.3 is 10.0 Å². The van der Waals surface area contributed by atoms with Crippen LogP contribution in [0.15, 0.2) is 60.7 Å². The third-order valence-electron chi connectivity index (χ3n) is 5.21. The van der Waals surface area contributed by atoms with Crippen molar-refractivity contribution in [3.05, 3.63) is 71.8 Å². The van der Waals surface area contributed by atoms with Gasteiger partial charge in [0.15, 0.2) is 0 Å². The van der Waals surface area contributed by atoms with E-state index in [4.69, 9.17) is 5.11 Å². The van der Waals surface area contributed by atoms with Crippen LogP contribution < -0.4 is 0 Å². The maximum absolute atomic E-state index is 13.5. The van der Waals surface area contributed by atoms with Crippen LogP contribution in [0.3, 0.4) is 0 Å². The van der Waals surface area contributed by atoms with Gasteiger partial charge in [-0.2, -0.15) is 0 Å². The molecule has 1 N–H and O–H groups in total. The normalized spacial score (nSPS) is 15.4. The summed E-state index contributed by atoms with van der Waals surface area (Å²) in [5, 5.41) is 9.10. The smallest absolute Gasteiger partial charge is 0.237 e. The van der Waals surface area contributed by atoms with Gasteiger partial charge in [-0.15, -0.1) is 12.4 Å². The molecule has 1 saturated heterocycles. The van der Waals surface area contributed by atoms with Crippen molar-refractivity contribution in [3.63, 3.8) is 0 Å². The van der Waals surface area contributed by atoms with E-state index in [1.165, 1.54) is 0 Å². The van der Waals surface area contributed by atoms with Gasteiger partial charge >= 0.3 is 0 Å². The summed E-state index contributed by atoms with van der Waals surface area (Å²) in [6.45, 7) is 5.90. The van der Waals surface area contributed by atoms with Gasteiger partial charge in [0.25, 0.3) is 0 Å². The van der Waals surface area contributed by atoms with E-state index in [0.29, 0.717) is 19.6 Å². The molecule has 1 aliphatic heterocycles. The van der Waals surface area contributed by atoms with Gasteiger partial charge in [-0.25, -0.2) is 0 Å². The van der Waals surface area contributed by atoms with E-state index in [1.54, 1.807) is 0 Å². The van der Waals surface area contributed by atoms with Crippen LogP contribution in [0, 0.1) is 0 Å². The van der Waals surface area contributed by atoms with Crippen LogP contribution in [-0.4, -0.2) is 60.1 Å². The number of aliphatic hydroxyl groups excluding tert-OH is 1. The third kappa shape index (κ3) is 4.09. The summed E-state index contributed by atoms with van der Waals surface area (Å²) in [6.07, 6.45) is 0. The molecule has 26 heavy (non-hydrogen) atoms. The molecule has 0 radical (unpaired) electrons. The maximum atomic E-state index is 13.5. The molecule has 2 aromatic carbocycles. The zero-order valence-electron chi connectivity index (χ0n) is 15.2. The highest BCUT2D eigenvalue weighted by Crippen LogP contribution is 2.34. The molecule has 0 aliphatic carbocycles. The molecule has 2 aromatic rings. The minimum Gasteiger partial charge on any atom is -0.395 e. The Hall–Kier alpha value is -1.88. The van der Waals surface area contributed by atoms with E-state index < -0.39 is 5.41 Å². The first-order valence-electron chi connectivity index (χ1n) is 8.90. The number of hydrogen-bond donors (Lipinski definition) is 1. The highest BCUT2D eigenvalue weighted by molar-refractivity contribution is 5.91. The first kappa shape index (κ1) is 20.4. The van der Waals surface area contributed by atoms with E-state index in [-0.39, 0.29) is 24.9 Å². The second-order valence-electron chi connectivity index (χ2n) is 6.71. The molecule has 140 valence electrons. The van der Waals surface area contributed by atoms with Gasteiger partial charge in [-0.1, -0.05) is 60.7 Å². The minimum absolute atomic E-state index is 0. The molecule has 1 heterocycles. The van der Waals surface area contributed by atoms with Gasteiger partial charge in [-0.3, -0.25) is 9.69 Å². The average molecular weight is 375 g/mol. The Kier molecular flexibility index (Phi) is 7.21. The first-order valence-corrected chi connectivity index (χ1v) is 8.90. The average Bonchev–Trinajstić information content (AvgIpc) is 2.69. The molecule has 0 bridgehead atoms. The van der Waals surface area contributed by atoms with E-state index in [1.807, 2.05) is 72.5 Å². The molecular weight excluding hydrogens is 348 g/mol. The number of amides is 1. The van der Waals surface area contributed by atoms with Crippen LogP contribution >= 0.6 is 12.4 Å². The number of β-amino-alcohol motifs (C(OH)–C–C–N with tert-alkyl or cyclic N) is 1. The monoisotopic (exact) mass is 374 g/mol. The molecule has 1 aliphatic rings. The Morgan fingerprint density at radius 2 is 1.38 bits per heavy atom. The van der Waals surface area contributed by atoms with Crippen LogP contribution in [0.2, 0.25) is 0 Å². The number of carbonyl (C=O) groups excluding carboxylic acids is 1. The molecule has 0 aromatic heterocycles. The van der Waals surface area contributed by atoms with Crippen LogP contribution in [-0.2, 0) is 10.2 Å². The summed E-state index contributed by atoms with van der Waals surface area (Å²) in [4.78, 5) is 17.7. The molecule has 0 atom stereocenters. The third-order valence-corrected chi connectivity index (χ3v) is 5.21. The van der Waals surface area contributed by atoms with E-state index in [2.05, 4.69) is 4.90 Å². The SMILES string of the molecule is CC(C(=O)N1CCN(CCO)CC1)(c1ccccc1)c1ccccc1.Cl. The number of piperazine rings is 1. The van der Waals surface area contributed by atoms with Crippen LogP contribution in [0.4, 0.5) is 0 Å². The van der Waals surface area contributed by atoms with Crippen molar-refractivity contribution < 1.29 is 9.90 Å². The van der Waals surface area contributed by atoms with Crippen molar-refractivity contribution in [1.82, 2.24) is 9.80 Å². The number of aliphatic hydroxyl groups is 1. The van der Waals surface area contributed by atoms with Crippen molar-refractivity contribution in [2.45, 2.75) is 12.3 Å². The number of nitrogens with zero attached hydrogens (tertiary/aromatic N) is 2. The predicted octanol–water partition coefficient (Wildman–Crippen LogP) is 2.55. The molecule has 3 rings (SSSR count). The summed E-state index contributed by atoms with van der Waals surface area (Å²) in [6, 6.07) is 20.1. The molecule has 4 nitrogen and oxygen atoms in total. The summed E-state index contributed by atoms with van der Waals surface area (Å²) >= 11 is 0. The molecular formula is C21H27ClN2O2. The fraction of sp³-hybridized carbons (Fsp3) is 0.381. The fourth-order valence-corrected chi connectivity index (χ4v) is 3.59. The summed E-state index contributed by atoms with van der Waals surface area (Å²) in [5.74, 6) is 0.147. The number of carbonyl (C=O) groups is 1. The topological polar surface area (TPSA) is 43.8 Å². The quantitative estimate of drug-likeness (QED) is 0.874. The Morgan fingerprint density at radius 3 is 1.81 bits per heavy atom. The van der Waals surface area contributed by atoms with Crippen molar-refractivity contribution in [2.24, 2.45) is 0 Å². The minimum atomic E-state index is -0.693. The maximum Gasteiger partial charge on any atom is 0.237 e. The Balaban J connectivity index is 0.00000243. The molecule has 0 unspecified atom stereocenters. The lowest BCUT2D eigenvalue weighted by Gasteiger charge is -2.40. The standard InChI is InChI=1S/C21H26N2O2.ClH/c1-21(18-8-4-2-5-9-18,19-10-6-3-7-11-19)20(25)23-14-12-22(13-15-23)16-17-24;/h2-11,24H,12-17H2,1H3;1H. The van der Waals surface area contributed by atoms with E-state index in [9.17, 15) is 4.79 Å². The lowest BCUT2D eigenvalue weighted by Crippen LogP contribution is -2.54. The number of hydrogen-bond acceptors (Lipinski definition) is 3. The molecule has 0 spiro atoms. The van der Waals surface area contributed by atoms with Crippen molar-refractivity contribution in [2.75, 3.05) is 39.3 Å². The predicted molar refractivity (Wildman–Crippen MR) is 107 cm³/mol. The zero-order chi connectivity index (χ0) is 17.7. The summed E-state index contributed by atoms with van der Waals surface area (Å²) < 4.78 is 0. The van der Waals surface area contributed by atoms with Crippen LogP contribution in [0.5, 0.6) is 0 Å². The van der Waals surface area contributed by atoms with Crippen LogP contribution in [0.1, 0.15) is 18.1 Å². The van der Waals surface area contributed by atoms with Crippen molar-refractivity contribution in [1.29, 1.82) is 0 Å². The van der Waals surface area contributed by atoms with Crippen molar-refractivity contribution in [3.8, 4) is 0 Å². The van der Waals surface area contributed by atoms with Gasteiger partial charge in [0.1, 0.15) is 0 Å². The Bertz CT molecular complexity index is 646. The van der Waals surface area contributed by atoms with Crippen molar-refractivity contribution >= 4 is 18.3 Å². The Labute approximate surface area is 161 Å². The van der Waals surface area contributed by atoms with Crippen LogP contribution in [0.25, 0.3) is 0 Å². The van der Waals surface area contributed by atoms with E-state index in [0.717, 1.165) is 24.2 Å². The molecule has 1 amide bonds. The second-order valence-corrected chi connectivity index (χ2v) is 6.71. The number of halogens is 1. The van der Waals surface area contributed by atoms with Gasteiger partial charge in [0.05, 0.1) is 12.0 Å². The molecule has 0 saturated carbocycles. The zero-order valence-corrected chi connectivity index (χ0v) is 16.0. The largest absolute Gasteiger partial charge is 0.395 e. The van der Waals surface area contributed by atoms with Gasteiger partial charge in [-0.05, 0) is 18.1 Å².